The molecule has 0 aliphatic rings. The average Bonchev–Trinajstić information content (AvgIpc) is 2.02. The third-order valence-corrected chi connectivity index (χ3v) is 1.88. The van der Waals surface area contributed by atoms with Gasteiger partial charge in [0.25, 0.3) is 0 Å². The highest BCUT2D eigenvalue weighted by Crippen LogP contribution is 2.10. The van der Waals surface area contributed by atoms with Gasteiger partial charge in [0.15, 0.2) is 0 Å². The van der Waals surface area contributed by atoms with Crippen molar-refractivity contribution in [1.29, 1.82) is 0 Å². The quantitative estimate of drug-likeness (QED) is 0.710. The van der Waals surface area contributed by atoms with Crippen LogP contribution in [0.25, 0.3) is 0 Å². The largest absolute Gasteiger partial charge is 0.385 e. The summed E-state index contributed by atoms with van der Waals surface area (Å²) in [6.45, 7) is 4.01. The highest BCUT2D eigenvalue weighted by molar-refractivity contribution is 5.56. The number of aliphatic hydroxyl groups excluding tert-OH is 1. The van der Waals surface area contributed by atoms with Crippen molar-refractivity contribution in [2.24, 2.45) is 0 Å². The molecule has 13 heavy (non-hydrogen) atoms. The van der Waals surface area contributed by atoms with Crippen molar-refractivity contribution in [3.8, 4) is 0 Å². The minimum atomic E-state index is -0.874. The fourth-order valence-electron chi connectivity index (χ4n) is 1.48. The zero-order valence-electron chi connectivity index (χ0n) is 7.95. The van der Waals surface area contributed by atoms with Gasteiger partial charge in [-0.3, -0.25) is 0 Å². The van der Waals surface area contributed by atoms with Crippen LogP contribution < -0.4 is 0 Å². The molecule has 0 heterocycles. The third-order valence-electron chi connectivity index (χ3n) is 1.88. The molecule has 0 radical (unpaired) electrons. The second-order valence-corrected chi connectivity index (χ2v) is 3.40. The summed E-state index contributed by atoms with van der Waals surface area (Å²) >= 11 is 0. The van der Waals surface area contributed by atoms with Crippen LogP contribution >= 0.6 is 0 Å². The van der Waals surface area contributed by atoms with Crippen LogP contribution in [0.1, 0.15) is 16.7 Å². The lowest BCUT2D eigenvalue weighted by Gasteiger charge is -2.05. The smallest absolute Gasteiger partial charge is 0.148 e. The summed E-state index contributed by atoms with van der Waals surface area (Å²) in [6.07, 6.45) is 0.102. The van der Waals surface area contributed by atoms with Crippen molar-refractivity contribution in [2.75, 3.05) is 0 Å². The number of aliphatic hydroxyl groups is 1. The SMILES string of the molecule is Cc1cc(C)cc(CC(O)C=O)c1. The first kappa shape index (κ1) is 9.93. The molecule has 2 heteroatoms. The predicted molar refractivity (Wildman–Crippen MR) is 51.7 cm³/mol. The monoisotopic (exact) mass is 178 g/mol. The topological polar surface area (TPSA) is 37.3 Å². The molecule has 0 bridgehead atoms. The van der Waals surface area contributed by atoms with E-state index >= 15 is 0 Å². The third kappa shape index (κ3) is 2.99. The number of benzene rings is 1. The fraction of sp³-hybridized carbons (Fsp3) is 0.364. The van der Waals surface area contributed by atoms with Gasteiger partial charge in [-0.1, -0.05) is 29.3 Å². The Morgan fingerprint density at radius 2 is 1.85 bits per heavy atom. The van der Waals surface area contributed by atoms with Crippen molar-refractivity contribution >= 4 is 6.29 Å². The Bertz CT molecular complexity index is 285. The Kier molecular flexibility index (Phi) is 3.20. The van der Waals surface area contributed by atoms with E-state index in [9.17, 15) is 4.79 Å². The Morgan fingerprint density at radius 1 is 1.31 bits per heavy atom. The summed E-state index contributed by atoms with van der Waals surface area (Å²) < 4.78 is 0. The van der Waals surface area contributed by atoms with Crippen LogP contribution in [0.3, 0.4) is 0 Å². The molecule has 70 valence electrons. The Labute approximate surface area is 78.2 Å². The van der Waals surface area contributed by atoms with E-state index in [1.54, 1.807) is 0 Å². The van der Waals surface area contributed by atoms with E-state index < -0.39 is 6.10 Å². The molecule has 1 aromatic carbocycles. The maximum atomic E-state index is 10.2. The van der Waals surface area contributed by atoms with E-state index in [4.69, 9.17) is 5.11 Å². The van der Waals surface area contributed by atoms with Crippen molar-refractivity contribution in [2.45, 2.75) is 26.4 Å². The molecular formula is C11H14O2. The number of aryl methyl sites for hydroxylation is 2. The van der Waals surface area contributed by atoms with Crippen molar-refractivity contribution in [3.63, 3.8) is 0 Å². The highest BCUT2D eigenvalue weighted by Gasteiger charge is 2.03. The maximum Gasteiger partial charge on any atom is 0.148 e. The second-order valence-electron chi connectivity index (χ2n) is 3.40. The molecule has 0 aromatic heterocycles. The van der Waals surface area contributed by atoms with Gasteiger partial charge >= 0.3 is 0 Å². The number of hydrogen-bond donors (Lipinski definition) is 1. The van der Waals surface area contributed by atoms with Gasteiger partial charge in [-0.25, -0.2) is 0 Å². The number of carbonyl (C=O) groups excluding carboxylic acids is 1. The van der Waals surface area contributed by atoms with Crippen LogP contribution in [0.15, 0.2) is 18.2 Å². The van der Waals surface area contributed by atoms with Crippen LogP contribution in [0.4, 0.5) is 0 Å². The van der Waals surface area contributed by atoms with Crippen molar-refractivity contribution < 1.29 is 9.90 Å². The molecule has 0 saturated carbocycles. The van der Waals surface area contributed by atoms with E-state index in [1.807, 2.05) is 26.0 Å². The molecule has 1 aromatic rings. The Balaban J connectivity index is 2.82. The number of rotatable bonds is 3. The lowest BCUT2D eigenvalue weighted by molar-refractivity contribution is -0.114. The fourth-order valence-corrected chi connectivity index (χ4v) is 1.48. The molecule has 0 amide bonds. The van der Waals surface area contributed by atoms with Gasteiger partial charge in [0.1, 0.15) is 12.4 Å². The van der Waals surface area contributed by atoms with E-state index in [2.05, 4.69) is 6.07 Å². The normalized spacial score (nSPS) is 12.5. The van der Waals surface area contributed by atoms with Crippen LogP contribution in [-0.4, -0.2) is 17.5 Å². The van der Waals surface area contributed by atoms with Gasteiger partial charge in [-0.2, -0.15) is 0 Å². The number of hydrogen-bond acceptors (Lipinski definition) is 2. The molecule has 0 aliphatic carbocycles. The molecule has 1 rings (SSSR count). The predicted octanol–water partition coefficient (Wildman–Crippen LogP) is 1.41. The molecule has 1 N–H and O–H groups in total. The minimum Gasteiger partial charge on any atom is -0.385 e. The van der Waals surface area contributed by atoms with E-state index in [1.165, 1.54) is 0 Å². The molecular weight excluding hydrogens is 164 g/mol. The molecule has 0 spiro atoms. The molecule has 1 unspecified atom stereocenters. The molecule has 2 nitrogen and oxygen atoms in total. The Morgan fingerprint density at radius 3 is 2.31 bits per heavy atom. The van der Waals surface area contributed by atoms with E-state index in [-0.39, 0.29) is 0 Å². The van der Waals surface area contributed by atoms with Gasteiger partial charge in [-0.05, 0) is 19.4 Å². The van der Waals surface area contributed by atoms with Gasteiger partial charge in [0.05, 0.1) is 0 Å². The lowest BCUT2D eigenvalue weighted by atomic mass is 10.0. The summed E-state index contributed by atoms with van der Waals surface area (Å²) in [5.41, 5.74) is 3.33. The minimum absolute atomic E-state index is 0.409. The van der Waals surface area contributed by atoms with Crippen LogP contribution in [0.5, 0.6) is 0 Å². The standard InChI is InChI=1S/C11H14O2/c1-8-3-9(2)5-10(4-8)6-11(13)7-12/h3-5,7,11,13H,6H2,1-2H3. The van der Waals surface area contributed by atoms with Gasteiger partial charge in [0, 0.05) is 6.42 Å². The molecule has 0 fully saturated rings. The first-order valence-corrected chi connectivity index (χ1v) is 4.32. The molecule has 1 atom stereocenters. The first-order chi connectivity index (χ1) is 6.11. The summed E-state index contributed by atoms with van der Waals surface area (Å²) in [5.74, 6) is 0. The van der Waals surface area contributed by atoms with E-state index in [0.717, 1.165) is 16.7 Å². The zero-order valence-corrected chi connectivity index (χ0v) is 7.95. The summed E-state index contributed by atoms with van der Waals surface area (Å²) in [4.78, 5) is 10.2. The van der Waals surface area contributed by atoms with Crippen molar-refractivity contribution in [3.05, 3.63) is 34.9 Å². The van der Waals surface area contributed by atoms with Crippen molar-refractivity contribution in [1.82, 2.24) is 0 Å². The van der Waals surface area contributed by atoms with Gasteiger partial charge in [0.2, 0.25) is 0 Å². The number of carbonyl (C=O) groups is 1. The van der Waals surface area contributed by atoms with Crippen LogP contribution in [0, 0.1) is 13.8 Å². The summed E-state index contributed by atoms with van der Waals surface area (Å²) in [5, 5.41) is 9.13. The first-order valence-electron chi connectivity index (χ1n) is 4.32. The van der Waals surface area contributed by atoms with Gasteiger partial charge < -0.3 is 9.90 Å². The number of aldehydes is 1. The molecule has 0 saturated heterocycles. The summed E-state index contributed by atoms with van der Waals surface area (Å²) in [7, 11) is 0. The van der Waals surface area contributed by atoms with Crippen LogP contribution in [0.2, 0.25) is 0 Å². The van der Waals surface area contributed by atoms with Gasteiger partial charge in [-0.15, -0.1) is 0 Å². The second kappa shape index (κ2) is 4.19. The summed E-state index contributed by atoms with van der Waals surface area (Å²) in [6, 6.07) is 6.04. The Hall–Kier alpha value is -1.15. The lowest BCUT2D eigenvalue weighted by Crippen LogP contribution is -2.11. The van der Waals surface area contributed by atoms with Crippen LogP contribution in [-0.2, 0) is 11.2 Å². The highest BCUT2D eigenvalue weighted by atomic mass is 16.3. The zero-order chi connectivity index (χ0) is 9.84. The van der Waals surface area contributed by atoms with E-state index in [0.29, 0.717) is 12.7 Å². The molecule has 0 aliphatic heterocycles. The average molecular weight is 178 g/mol. The maximum absolute atomic E-state index is 10.2.